The van der Waals surface area contributed by atoms with Gasteiger partial charge in [-0.2, -0.15) is 0 Å². The molecule has 7 nitrogen and oxygen atoms in total. The molecule has 1 aromatic rings. The third-order valence-corrected chi connectivity index (χ3v) is 5.24. The van der Waals surface area contributed by atoms with Crippen LogP contribution in [-0.2, 0) is 9.84 Å². The zero-order valence-electron chi connectivity index (χ0n) is 12.2. The van der Waals surface area contributed by atoms with Gasteiger partial charge in [-0.3, -0.25) is 4.79 Å². The number of sulfone groups is 1. The summed E-state index contributed by atoms with van der Waals surface area (Å²) in [5.74, 6) is 0.544. The van der Waals surface area contributed by atoms with Crippen molar-refractivity contribution in [2.45, 2.75) is 38.8 Å². The predicted octanol–water partition coefficient (Wildman–Crippen LogP) is 0.604. The molecule has 1 aromatic heterocycles. The molecule has 1 fully saturated rings. The number of amides is 1. The van der Waals surface area contributed by atoms with Crippen molar-refractivity contribution in [3.63, 3.8) is 0 Å². The number of carbonyl (C=O) groups is 1. The van der Waals surface area contributed by atoms with E-state index >= 15 is 0 Å². The Balaban J connectivity index is 1.94. The van der Waals surface area contributed by atoms with Gasteiger partial charge in [0.2, 0.25) is 0 Å². The normalized spacial score (nSPS) is 21.7. The summed E-state index contributed by atoms with van der Waals surface area (Å²) in [5.41, 5.74) is 0.250. The lowest BCUT2D eigenvalue weighted by Gasteiger charge is -2.12. The molecule has 116 valence electrons. The zero-order valence-corrected chi connectivity index (χ0v) is 13.0. The lowest BCUT2D eigenvalue weighted by atomic mass is 10.2. The molecule has 2 unspecified atom stereocenters. The number of anilines is 1. The van der Waals surface area contributed by atoms with Gasteiger partial charge >= 0.3 is 0 Å². The van der Waals surface area contributed by atoms with Gasteiger partial charge in [0, 0.05) is 12.1 Å². The van der Waals surface area contributed by atoms with Crippen molar-refractivity contribution in [1.82, 2.24) is 15.5 Å². The Kier molecular flexibility index (Phi) is 4.76. The van der Waals surface area contributed by atoms with E-state index in [2.05, 4.69) is 20.8 Å². The number of hydrogen-bond donors (Lipinski definition) is 2. The van der Waals surface area contributed by atoms with Crippen LogP contribution in [0.3, 0.4) is 0 Å². The van der Waals surface area contributed by atoms with E-state index in [9.17, 15) is 13.2 Å². The van der Waals surface area contributed by atoms with Gasteiger partial charge in [0.05, 0.1) is 11.5 Å². The van der Waals surface area contributed by atoms with Gasteiger partial charge in [-0.1, -0.05) is 6.92 Å². The minimum absolute atomic E-state index is 0.0841. The van der Waals surface area contributed by atoms with Crippen molar-refractivity contribution in [3.05, 3.63) is 17.8 Å². The topological polar surface area (TPSA) is 101 Å². The van der Waals surface area contributed by atoms with E-state index in [-0.39, 0.29) is 35.2 Å². The van der Waals surface area contributed by atoms with Crippen molar-refractivity contribution >= 4 is 21.6 Å². The molecule has 0 saturated carbocycles. The molecule has 0 bridgehead atoms. The van der Waals surface area contributed by atoms with Crippen molar-refractivity contribution in [2.24, 2.45) is 0 Å². The zero-order chi connectivity index (χ0) is 15.5. The van der Waals surface area contributed by atoms with Crippen LogP contribution in [0.5, 0.6) is 0 Å². The number of nitrogens with one attached hydrogen (secondary N) is 2. The van der Waals surface area contributed by atoms with Crippen LogP contribution in [0.1, 0.15) is 37.2 Å². The van der Waals surface area contributed by atoms with E-state index in [0.717, 1.165) is 6.42 Å². The van der Waals surface area contributed by atoms with Gasteiger partial charge in [0.15, 0.2) is 15.5 Å². The molecular weight excluding hydrogens is 292 g/mol. The minimum Gasteiger partial charge on any atom is -0.365 e. The average Bonchev–Trinajstić information content (AvgIpc) is 2.78. The highest BCUT2D eigenvalue weighted by molar-refractivity contribution is 7.91. The summed E-state index contributed by atoms with van der Waals surface area (Å²) in [6, 6.07) is 3.17. The van der Waals surface area contributed by atoms with Crippen LogP contribution in [0.4, 0.5) is 5.82 Å². The van der Waals surface area contributed by atoms with Crippen LogP contribution in [0.2, 0.25) is 0 Å². The molecule has 2 rings (SSSR count). The largest absolute Gasteiger partial charge is 0.365 e. The first-order chi connectivity index (χ1) is 9.89. The van der Waals surface area contributed by atoms with Crippen LogP contribution < -0.4 is 10.6 Å². The highest BCUT2D eigenvalue weighted by atomic mass is 32.2. The Morgan fingerprint density at radius 1 is 1.43 bits per heavy atom. The molecule has 8 heteroatoms. The summed E-state index contributed by atoms with van der Waals surface area (Å²) < 4.78 is 22.8. The highest BCUT2D eigenvalue weighted by Crippen LogP contribution is 2.15. The molecular formula is C13H20N4O3S. The van der Waals surface area contributed by atoms with Crippen molar-refractivity contribution in [3.8, 4) is 0 Å². The van der Waals surface area contributed by atoms with E-state index in [0.29, 0.717) is 12.2 Å². The third kappa shape index (κ3) is 4.38. The maximum absolute atomic E-state index is 11.8. The second kappa shape index (κ2) is 6.38. The van der Waals surface area contributed by atoms with E-state index in [1.54, 1.807) is 12.1 Å². The number of nitrogens with zero attached hydrogens (tertiary/aromatic N) is 2. The maximum atomic E-state index is 11.8. The number of carbonyl (C=O) groups excluding carboxylic acids is 1. The lowest BCUT2D eigenvalue weighted by Crippen LogP contribution is -2.32. The first-order valence-corrected chi connectivity index (χ1v) is 8.83. The summed E-state index contributed by atoms with van der Waals surface area (Å²) in [6.45, 7) is 3.90. The molecule has 1 aliphatic heterocycles. The lowest BCUT2D eigenvalue weighted by molar-refractivity contribution is 0.0933. The summed E-state index contributed by atoms with van der Waals surface area (Å²) in [6.07, 6.45) is 1.41. The molecule has 0 radical (unpaired) electrons. The molecule has 0 spiro atoms. The molecule has 0 aliphatic carbocycles. The fraction of sp³-hybridized carbons (Fsp3) is 0.615. The Bertz CT molecular complexity index is 600. The summed E-state index contributed by atoms with van der Waals surface area (Å²) >= 11 is 0. The Morgan fingerprint density at radius 2 is 2.19 bits per heavy atom. The standard InChI is InChI=1S/C13H20N4O3S/c1-3-9(2)14-13(18)11-4-5-12(17-16-11)15-10-6-7-21(19,20)8-10/h4-5,9-10H,3,6-8H2,1-2H3,(H,14,18)(H,15,17). The fourth-order valence-corrected chi connectivity index (χ4v) is 3.72. The van der Waals surface area contributed by atoms with E-state index in [1.165, 1.54) is 0 Å². The van der Waals surface area contributed by atoms with Gasteiger partial charge in [-0.25, -0.2) is 8.42 Å². The van der Waals surface area contributed by atoms with E-state index in [1.807, 2.05) is 13.8 Å². The second-order valence-corrected chi connectivity index (χ2v) is 7.56. The molecule has 1 aliphatic rings. The Hall–Kier alpha value is -1.70. The second-order valence-electron chi connectivity index (χ2n) is 5.33. The first kappa shape index (κ1) is 15.7. The first-order valence-electron chi connectivity index (χ1n) is 7.01. The van der Waals surface area contributed by atoms with Gasteiger partial charge in [-0.15, -0.1) is 10.2 Å². The highest BCUT2D eigenvalue weighted by Gasteiger charge is 2.28. The SMILES string of the molecule is CCC(C)NC(=O)c1ccc(NC2CCS(=O)(=O)C2)nn1. The van der Waals surface area contributed by atoms with E-state index in [4.69, 9.17) is 0 Å². The third-order valence-electron chi connectivity index (χ3n) is 3.47. The van der Waals surface area contributed by atoms with Crippen LogP contribution in [0.25, 0.3) is 0 Å². The molecule has 1 saturated heterocycles. The molecule has 1 amide bonds. The molecule has 2 atom stereocenters. The molecule has 21 heavy (non-hydrogen) atoms. The Labute approximate surface area is 124 Å². The quantitative estimate of drug-likeness (QED) is 0.826. The van der Waals surface area contributed by atoms with Gasteiger partial charge in [0.1, 0.15) is 5.82 Å². The number of hydrogen-bond acceptors (Lipinski definition) is 6. The average molecular weight is 312 g/mol. The van der Waals surface area contributed by atoms with Crippen LogP contribution in [0, 0.1) is 0 Å². The van der Waals surface area contributed by atoms with Crippen molar-refractivity contribution in [2.75, 3.05) is 16.8 Å². The van der Waals surface area contributed by atoms with Crippen molar-refractivity contribution in [1.29, 1.82) is 0 Å². The number of aromatic nitrogens is 2. The van der Waals surface area contributed by atoms with Gasteiger partial charge < -0.3 is 10.6 Å². The monoisotopic (exact) mass is 312 g/mol. The maximum Gasteiger partial charge on any atom is 0.272 e. The fourth-order valence-electron chi connectivity index (χ4n) is 2.05. The van der Waals surface area contributed by atoms with Gasteiger partial charge in [-0.05, 0) is 31.9 Å². The predicted molar refractivity (Wildman–Crippen MR) is 79.9 cm³/mol. The number of rotatable bonds is 5. The van der Waals surface area contributed by atoms with Crippen molar-refractivity contribution < 1.29 is 13.2 Å². The smallest absolute Gasteiger partial charge is 0.272 e. The van der Waals surface area contributed by atoms with Gasteiger partial charge in [0.25, 0.3) is 5.91 Å². The molecule has 2 N–H and O–H groups in total. The van der Waals surface area contributed by atoms with Crippen LogP contribution in [0.15, 0.2) is 12.1 Å². The molecule has 0 aromatic carbocycles. The minimum atomic E-state index is -2.93. The molecule has 2 heterocycles. The summed E-state index contributed by atoms with van der Waals surface area (Å²) in [5, 5.41) is 13.6. The van der Waals surface area contributed by atoms with Crippen LogP contribution >= 0.6 is 0 Å². The van der Waals surface area contributed by atoms with Crippen LogP contribution in [-0.4, -0.2) is 48.1 Å². The summed E-state index contributed by atoms with van der Waals surface area (Å²) in [4.78, 5) is 11.8. The summed E-state index contributed by atoms with van der Waals surface area (Å²) in [7, 11) is -2.93. The van der Waals surface area contributed by atoms with E-state index < -0.39 is 9.84 Å². The Morgan fingerprint density at radius 3 is 2.71 bits per heavy atom.